The number of unbranched alkanes of at least 4 members (excludes halogenated alkanes) is 1. The average Bonchev–Trinajstić information content (AvgIpc) is 2.53. The molecular formula is C10H20FN. The molecule has 0 radical (unpaired) electrons. The zero-order chi connectivity index (χ0) is 8.81. The lowest BCUT2D eigenvalue weighted by Crippen LogP contribution is -2.27. The van der Waals surface area contributed by atoms with Crippen LogP contribution in [0.15, 0.2) is 0 Å². The summed E-state index contributed by atoms with van der Waals surface area (Å²) in [5.74, 6) is 0. The zero-order valence-corrected chi connectivity index (χ0v) is 8.06. The van der Waals surface area contributed by atoms with Gasteiger partial charge in [0.05, 0.1) is 0 Å². The second-order valence-electron chi connectivity index (χ2n) is 3.75. The van der Waals surface area contributed by atoms with Crippen LogP contribution in [-0.2, 0) is 0 Å². The number of halogens is 1. The molecule has 0 aromatic heterocycles. The average molecular weight is 173 g/mol. The van der Waals surface area contributed by atoms with Crippen molar-refractivity contribution in [3.63, 3.8) is 0 Å². The third-order valence-corrected chi connectivity index (χ3v) is 2.53. The molecule has 1 saturated heterocycles. The van der Waals surface area contributed by atoms with E-state index in [0.717, 1.165) is 32.4 Å². The predicted molar refractivity (Wildman–Crippen MR) is 50.1 cm³/mol. The lowest BCUT2D eigenvalue weighted by molar-refractivity contribution is 0.208. The highest BCUT2D eigenvalue weighted by atomic mass is 19.1. The first-order valence-corrected chi connectivity index (χ1v) is 5.19. The van der Waals surface area contributed by atoms with Gasteiger partial charge in [-0.15, -0.1) is 0 Å². The van der Waals surface area contributed by atoms with Crippen molar-refractivity contribution in [2.75, 3.05) is 19.6 Å². The van der Waals surface area contributed by atoms with Crippen molar-refractivity contribution in [1.82, 2.24) is 4.90 Å². The Morgan fingerprint density at radius 2 is 2.00 bits per heavy atom. The van der Waals surface area contributed by atoms with Gasteiger partial charge in [0, 0.05) is 6.54 Å². The molecule has 1 aliphatic rings. The molecule has 0 N–H and O–H groups in total. The highest BCUT2D eigenvalue weighted by molar-refractivity contribution is 4.70. The largest absolute Gasteiger partial charge is 0.300 e. The fourth-order valence-corrected chi connectivity index (χ4v) is 1.76. The molecule has 1 heterocycles. The van der Waals surface area contributed by atoms with Gasteiger partial charge in [0.2, 0.25) is 0 Å². The summed E-state index contributed by atoms with van der Waals surface area (Å²) in [4.78, 5) is 2.25. The number of nitrogens with zero attached hydrogens (tertiary/aromatic N) is 1. The van der Waals surface area contributed by atoms with Gasteiger partial charge in [-0.2, -0.15) is 0 Å². The van der Waals surface area contributed by atoms with E-state index >= 15 is 0 Å². The normalized spacial score (nSPS) is 21.5. The maximum Gasteiger partial charge on any atom is 0.113 e. The van der Waals surface area contributed by atoms with Gasteiger partial charge in [-0.05, 0) is 32.4 Å². The topological polar surface area (TPSA) is 3.24 Å². The van der Waals surface area contributed by atoms with Gasteiger partial charge in [-0.1, -0.05) is 19.8 Å². The van der Waals surface area contributed by atoms with Gasteiger partial charge in [-0.3, -0.25) is 0 Å². The SMILES string of the molecule is CCCCC(F)CN1CCCC1. The van der Waals surface area contributed by atoms with Crippen LogP contribution >= 0.6 is 0 Å². The molecule has 1 aliphatic heterocycles. The van der Waals surface area contributed by atoms with E-state index in [9.17, 15) is 4.39 Å². The molecule has 0 aliphatic carbocycles. The molecule has 0 amide bonds. The highest BCUT2D eigenvalue weighted by Gasteiger charge is 2.15. The summed E-state index contributed by atoms with van der Waals surface area (Å²) in [6.07, 6.45) is 4.85. The molecule has 1 atom stereocenters. The second-order valence-corrected chi connectivity index (χ2v) is 3.75. The number of alkyl halides is 1. The third-order valence-electron chi connectivity index (χ3n) is 2.53. The van der Waals surface area contributed by atoms with Crippen molar-refractivity contribution in [3.05, 3.63) is 0 Å². The van der Waals surface area contributed by atoms with Crippen LogP contribution in [0.1, 0.15) is 39.0 Å². The number of hydrogen-bond acceptors (Lipinski definition) is 1. The van der Waals surface area contributed by atoms with E-state index in [-0.39, 0.29) is 0 Å². The molecule has 0 saturated carbocycles. The molecule has 1 nitrogen and oxygen atoms in total. The van der Waals surface area contributed by atoms with E-state index in [1.54, 1.807) is 0 Å². The number of rotatable bonds is 5. The molecule has 72 valence electrons. The fourth-order valence-electron chi connectivity index (χ4n) is 1.76. The van der Waals surface area contributed by atoms with Crippen molar-refractivity contribution in [2.45, 2.75) is 45.2 Å². The van der Waals surface area contributed by atoms with Crippen LogP contribution in [-0.4, -0.2) is 30.7 Å². The molecule has 1 fully saturated rings. The Morgan fingerprint density at radius 1 is 1.33 bits per heavy atom. The standard InChI is InChI=1S/C10H20FN/c1-2-3-6-10(11)9-12-7-4-5-8-12/h10H,2-9H2,1H3. The Bertz CT molecular complexity index is 110. The molecule has 0 aromatic carbocycles. The number of hydrogen-bond donors (Lipinski definition) is 0. The first-order valence-electron chi connectivity index (χ1n) is 5.19. The van der Waals surface area contributed by atoms with Gasteiger partial charge in [0.15, 0.2) is 0 Å². The summed E-state index contributed by atoms with van der Waals surface area (Å²) >= 11 is 0. The summed E-state index contributed by atoms with van der Waals surface area (Å²) in [6, 6.07) is 0. The van der Waals surface area contributed by atoms with Crippen molar-refractivity contribution in [3.8, 4) is 0 Å². The Labute approximate surface area is 74.9 Å². The summed E-state index contributed by atoms with van der Waals surface area (Å²) < 4.78 is 13.2. The maximum absolute atomic E-state index is 13.2. The summed E-state index contributed by atoms with van der Waals surface area (Å²) in [5.41, 5.74) is 0. The third kappa shape index (κ3) is 3.53. The monoisotopic (exact) mass is 173 g/mol. The first kappa shape index (κ1) is 9.97. The molecule has 1 unspecified atom stereocenters. The summed E-state index contributed by atoms with van der Waals surface area (Å²) in [6.45, 7) is 5.03. The predicted octanol–water partition coefficient (Wildman–Crippen LogP) is 2.61. The first-order chi connectivity index (χ1) is 5.83. The van der Waals surface area contributed by atoms with Gasteiger partial charge in [0.25, 0.3) is 0 Å². The molecule has 12 heavy (non-hydrogen) atoms. The van der Waals surface area contributed by atoms with E-state index in [4.69, 9.17) is 0 Å². The fraction of sp³-hybridized carbons (Fsp3) is 1.00. The minimum Gasteiger partial charge on any atom is -0.300 e. The summed E-state index contributed by atoms with van der Waals surface area (Å²) in [7, 11) is 0. The lowest BCUT2D eigenvalue weighted by atomic mass is 10.2. The maximum atomic E-state index is 13.2. The van der Waals surface area contributed by atoms with Gasteiger partial charge >= 0.3 is 0 Å². The van der Waals surface area contributed by atoms with Crippen molar-refractivity contribution >= 4 is 0 Å². The van der Waals surface area contributed by atoms with E-state index in [1.807, 2.05) is 0 Å². The van der Waals surface area contributed by atoms with Crippen molar-refractivity contribution in [1.29, 1.82) is 0 Å². The van der Waals surface area contributed by atoms with Crippen LogP contribution in [0.4, 0.5) is 4.39 Å². The minimum absolute atomic E-state index is 0.581. The van der Waals surface area contributed by atoms with Gasteiger partial charge in [0.1, 0.15) is 6.17 Å². The van der Waals surface area contributed by atoms with Crippen LogP contribution in [0.25, 0.3) is 0 Å². The molecule has 0 spiro atoms. The highest BCUT2D eigenvalue weighted by Crippen LogP contribution is 2.12. The molecule has 1 rings (SSSR count). The molecule has 0 aromatic rings. The second kappa shape index (κ2) is 5.52. The molecule has 2 heteroatoms. The van der Waals surface area contributed by atoms with E-state index < -0.39 is 6.17 Å². The quantitative estimate of drug-likeness (QED) is 0.617. The zero-order valence-electron chi connectivity index (χ0n) is 8.06. The van der Waals surface area contributed by atoms with E-state index in [2.05, 4.69) is 11.8 Å². The van der Waals surface area contributed by atoms with Crippen LogP contribution in [0.5, 0.6) is 0 Å². The molecular weight excluding hydrogens is 153 g/mol. The summed E-state index contributed by atoms with van der Waals surface area (Å²) in [5, 5.41) is 0. The van der Waals surface area contributed by atoms with Crippen LogP contribution < -0.4 is 0 Å². The Morgan fingerprint density at radius 3 is 2.58 bits per heavy atom. The van der Waals surface area contributed by atoms with E-state index in [0.29, 0.717) is 6.54 Å². The van der Waals surface area contributed by atoms with Gasteiger partial charge < -0.3 is 4.90 Å². The van der Waals surface area contributed by atoms with Gasteiger partial charge in [-0.25, -0.2) is 4.39 Å². The van der Waals surface area contributed by atoms with Crippen LogP contribution in [0.2, 0.25) is 0 Å². The van der Waals surface area contributed by atoms with Crippen molar-refractivity contribution in [2.24, 2.45) is 0 Å². The van der Waals surface area contributed by atoms with Crippen molar-refractivity contribution < 1.29 is 4.39 Å². The minimum atomic E-state index is -0.581. The Hall–Kier alpha value is -0.110. The van der Waals surface area contributed by atoms with Crippen LogP contribution in [0.3, 0.4) is 0 Å². The Kier molecular flexibility index (Phi) is 4.59. The Balaban J connectivity index is 2.03. The smallest absolute Gasteiger partial charge is 0.113 e. The number of likely N-dealkylation sites (tertiary alicyclic amines) is 1. The van der Waals surface area contributed by atoms with Crippen LogP contribution in [0, 0.1) is 0 Å². The lowest BCUT2D eigenvalue weighted by Gasteiger charge is -2.17. The van der Waals surface area contributed by atoms with E-state index in [1.165, 1.54) is 12.8 Å². The molecule has 0 bridgehead atoms.